The zero-order valence-electron chi connectivity index (χ0n) is 17.2. The van der Waals surface area contributed by atoms with Crippen LogP contribution in [0.25, 0.3) is 11.5 Å². The molecule has 0 atom stereocenters. The molecule has 1 amide bonds. The van der Waals surface area contributed by atoms with Gasteiger partial charge in [-0.15, -0.1) is 10.2 Å². The molecule has 3 rings (SSSR count). The maximum absolute atomic E-state index is 13.0. The molecular weight excluding hydrogens is 435 g/mol. The zero-order valence-corrected chi connectivity index (χ0v) is 18.0. The smallest absolute Gasteiger partial charge is 0.301 e. The van der Waals surface area contributed by atoms with Gasteiger partial charge < -0.3 is 4.57 Å². The molecule has 0 fully saturated rings. The molecule has 10 nitrogen and oxygen atoms in total. The number of carbonyl (C=O) groups excluding carboxylic acids is 1. The fraction of sp³-hybridized carbons (Fsp3) is 0.412. The van der Waals surface area contributed by atoms with Gasteiger partial charge in [0.1, 0.15) is 11.4 Å². The van der Waals surface area contributed by atoms with Crippen molar-refractivity contribution in [2.45, 2.75) is 31.7 Å². The Balaban J connectivity index is 1.66. The van der Waals surface area contributed by atoms with Crippen LogP contribution in [0.3, 0.4) is 0 Å². The third kappa shape index (κ3) is 4.95. The normalized spacial score (nSPS) is 12.1. The Morgan fingerprint density at radius 3 is 2.61 bits per heavy atom. The summed E-state index contributed by atoms with van der Waals surface area (Å²) in [5.41, 5.74) is 3.26. The van der Waals surface area contributed by atoms with E-state index in [0.717, 1.165) is 33.8 Å². The third-order valence-corrected chi connectivity index (χ3v) is 5.40. The molecule has 0 radical (unpaired) electrons. The summed E-state index contributed by atoms with van der Waals surface area (Å²) in [5.74, 6) is -0.175. The largest absolute Gasteiger partial charge is 0.433 e. The second-order valence-corrected chi connectivity index (χ2v) is 7.42. The molecule has 3 aromatic heterocycles. The molecule has 0 saturated carbocycles. The summed E-state index contributed by atoms with van der Waals surface area (Å²) >= 11 is 1.10. The second kappa shape index (κ2) is 8.91. The first-order valence-electron chi connectivity index (χ1n) is 9.10. The van der Waals surface area contributed by atoms with Crippen LogP contribution < -0.4 is 5.43 Å². The number of thioether (sulfide) groups is 1. The summed E-state index contributed by atoms with van der Waals surface area (Å²) in [6.45, 7) is 4.06. The van der Waals surface area contributed by atoms with Crippen molar-refractivity contribution in [3.8, 4) is 11.5 Å². The van der Waals surface area contributed by atoms with Crippen LogP contribution in [0, 0.1) is 6.92 Å². The third-order valence-electron chi connectivity index (χ3n) is 4.43. The summed E-state index contributed by atoms with van der Waals surface area (Å²) in [7, 11) is 3.02. The van der Waals surface area contributed by atoms with Gasteiger partial charge in [-0.1, -0.05) is 11.8 Å². The summed E-state index contributed by atoms with van der Waals surface area (Å²) in [4.78, 5) is 12.1. The Morgan fingerprint density at radius 1 is 1.29 bits per heavy atom. The Labute approximate surface area is 179 Å². The molecule has 0 saturated heterocycles. The highest BCUT2D eigenvalue weighted by molar-refractivity contribution is 7.99. The molecule has 166 valence electrons. The fourth-order valence-electron chi connectivity index (χ4n) is 2.69. The van der Waals surface area contributed by atoms with Crippen molar-refractivity contribution in [2.75, 3.05) is 5.75 Å². The summed E-state index contributed by atoms with van der Waals surface area (Å²) in [5, 5.41) is 20.2. The number of nitrogens with one attached hydrogen (secondary N) is 1. The molecule has 0 aromatic carbocycles. The van der Waals surface area contributed by atoms with Crippen molar-refractivity contribution in [2.24, 2.45) is 19.2 Å². The second-order valence-electron chi connectivity index (χ2n) is 6.48. The zero-order chi connectivity index (χ0) is 22.8. The molecule has 3 heterocycles. The Hall–Kier alpha value is -3.16. The number of amides is 1. The van der Waals surface area contributed by atoms with Gasteiger partial charge in [-0.05, 0) is 19.9 Å². The molecule has 14 heteroatoms. The van der Waals surface area contributed by atoms with Crippen molar-refractivity contribution in [1.29, 1.82) is 0 Å². The van der Waals surface area contributed by atoms with Crippen molar-refractivity contribution in [3.05, 3.63) is 29.2 Å². The number of aryl methyl sites for hydroxylation is 2. The van der Waals surface area contributed by atoms with E-state index in [9.17, 15) is 18.0 Å². The summed E-state index contributed by atoms with van der Waals surface area (Å²) in [6, 6.07) is 0.923. The van der Waals surface area contributed by atoms with Gasteiger partial charge in [0.15, 0.2) is 11.0 Å². The van der Waals surface area contributed by atoms with Gasteiger partial charge in [0.2, 0.25) is 0 Å². The number of nitrogens with zero attached hydrogens (tertiary/aromatic N) is 8. The van der Waals surface area contributed by atoms with Crippen LogP contribution in [0.15, 0.2) is 22.5 Å². The molecule has 3 aromatic rings. The average molecular weight is 455 g/mol. The minimum atomic E-state index is -4.53. The van der Waals surface area contributed by atoms with Gasteiger partial charge >= 0.3 is 6.18 Å². The van der Waals surface area contributed by atoms with Crippen LogP contribution in [0.1, 0.15) is 23.9 Å². The molecule has 0 spiro atoms. The predicted octanol–water partition coefficient (Wildman–Crippen LogP) is 2.00. The lowest BCUT2D eigenvalue weighted by Crippen LogP contribution is -2.20. The first kappa shape index (κ1) is 22.5. The quantitative estimate of drug-likeness (QED) is 0.332. The lowest BCUT2D eigenvalue weighted by Gasteiger charge is -2.05. The highest BCUT2D eigenvalue weighted by Crippen LogP contribution is 2.32. The number of hydrogen-bond donors (Lipinski definition) is 1. The van der Waals surface area contributed by atoms with Crippen molar-refractivity contribution < 1.29 is 18.0 Å². The van der Waals surface area contributed by atoms with Gasteiger partial charge in [-0.2, -0.15) is 28.5 Å². The van der Waals surface area contributed by atoms with Crippen LogP contribution in [0.2, 0.25) is 0 Å². The highest BCUT2D eigenvalue weighted by Gasteiger charge is 2.35. The van der Waals surface area contributed by atoms with E-state index >= 15 is 0 Å². The van der Waals surface area contributed by atoms with Gasteiger partial charge in [0.25, 0.3) is 5.91 Å². The van der Waals surface area contributed by atoms with Gasteiger partial charge in [0.05, 0.1) is 18.2 Å². The van der Waals surface area contributed by atoms with E-state index in [1.54, 1.807) is 29.4 Å². The van der Waals surface area contributed by atoms with Gasteiger partial charge in [0, 0.05) is 31.9 Å². The fourth-order valence-corrected chi connectivity index (χ4v) is 3.49. The van der Waals surface area contributed by atoms with E-state index < -0.39 is 11.9 Å². The van der Waals surface area contributed by atoms with E-state index in [0.29, 0.717) is 11.7 Å². The van der Waals surface area contributed by atoms with Crippen molar-refractivity contribution in [1.82, 2.24) is 39.8 Å². The van der Waals surface area contributed by atoms with E-state index in [4.69, 9.17) is 0 Å². The number of hydrazone groups is 1. The monoisotopic (exact) mass is 455 g/mol. The molecule has 0 aliphatic heterocycles. The lowest BCUT2D eigenvalue weighted by atomic mass is 10.3. The van der Waals surface area contributed by atoms with Gasteiger partial charge in [-0.25, -0.2) is 5.43 Å². The summed E-state index contributed by atoms with van der Waals surface area (Å²) in [6.07, 6.45) is -1.40. The van der Waals surface area contributed by atoms with Crippen LogP contribution in [-0.2, 0) is 31.6 Å². The maximum Gasteiger partial charge on any atom is 0.433 e. The first-order chi connectivity index (χ1) is 14.6. The van der Waals surface area contributed by atoms with E-state index in [-0.39, 0.29) is 23.2 Å². The lowest BCUT2D eigenvalue weighted by molar-refractivity contribution is -0.143. The number of halogens is 3. The average Bonchev–Trinajstić information content (AvgIpc) is 3.38. The van der Waals surface area contributed by atoms with Crippen molar-refractivity contribution in [3.63, 3.8) is 0 Å². The molecule has 1 N–H and O–H groups in total. The molecule has 31 heavy (non-hydrogen) atoms. The minimum absolute atomic E-state index is 0.00247. The Bertz CT molecular complexity index is 1110. The molecule has 0 aliphatic rings. The maximum atomic E-state index is 13.0. The number of hydrogen-bond acceptors (Lipinski definition) is 7. The SMILES string of the molecule is CCn1c(SCC(=O)N/N=C/c2cnn(C)c2C)nnc1-c1cc(C(F)(F)F)n(C)n1. The van der Waals surface area contributed by atoms with Crippen molar-refractivity contribution >= 4 is 23.9 Å². The topological polar surface area (TPSA) is 108 Å². The Morgan fingerprint density at radius 2 is 2.03 bits per heavy atom. The van der Waals surface area contributed by atoms with E-state index in [1.165, 1.54) is 13.3 Å². The van der Waals surface area contributed by atoms with E-state index in [2.05, 4.69) is 30.9 Å². The molecule has 0 unspecified atom stereocenters. The van der Waals surface area contributed by atoms with Gasteiger partial charge in [-0.3, -0.25) is 14.2 Å². The van der Waals surface area contributed by atoms with Crippen LogP contribution in [0.5, 0.6) is 0 Å². The van der Waals surface area contributed by atoms with Crippen LogP contribution >= 0.6 is 11.8 Å². The van der Waals surface area contributed by atoms with Crippen LogP contribution in [0.4, 0.5) is 13.2 Å². The predicted molar refractivity (Wildman–Crippen MR) is 107 cm³/mol. The standard InChI is InChI=1S/C17H20F3N9OS/c1-5-29-15(12-6-13(17(18,19)20)28(4)26-12)24-25-16(29)31-9-14(30)23-21-7-11-8-22-27(3)10(11)2/h6-8H,5,9H2,1-4H3,(H,23,30)/b21-7+. The number of rotatable bonds is 7. The number of carbonyl (C=O) groups is 1. The molecular formula is C17H20F3N9OS. The number of alkyl halides is 3. The highest BCUT2D eigenvalue weighted by atomic mass is 32.2. The van der Waals surface area contributed by atoms with Crippen LogP contribution in [-0.4, -0.2) is 52.2 Å². The molecule has 0 bridgehead atoms. The summed E-state index contributed by atoms with van der Waals surface area (Å²) < 4.78 is 43.2. The van der Waals surface area contributed by atoms with E-state index in [1.807, 2.05) is 6.92 Å². The Kier molecular flexibility index (Phi) is 6.48. The first-order valence-corrected chi connectivity index (χ1v) is 10.1. The minimum Gasteiger partial charge on any atom is -0.301 e. The molecule has 0 aliphatic carbocycles. The number of aromatic nitrogens is 7.